The number of benzene rings is 1. The highest BCUT2D eigenvalue weighted by Crippen LogP contribution is 2.24. The van der Waals surface area contributed by atoms with E-state index in [1.807, 2.05) is 6.92 Å². The van der Waals surface area contributed by atoms with Gasteiger partial charge in [0.05, 0.1) is 6.10 Å². The van der Waals surface area contributed by atoms with Gasteiger partial charge < -0.3 is 10.1 Å². The van der Waals surface area contributed by atoms with E-state index in [1.54, 1.807) is 7.11 Å². The molecule has 2 rings (SSSR count). The van der Waals surface area contributed by atoms with E-state index in [-0.39, 0.29) is 12.1 Å². The fourth-order valence-corrected chi connectivity index (χ4v) is 2.81. The zero-order chi connectivity index (χ0) is 13.8. The highest BCUT2D eigenvalue weighted by atomic mass is 19.1. The van der Waals surface area contributed by atoms with E-state index in [0.29, 0.717) is 11.6 Å². The van der Waals surface area contributed by atoms with Gasteiger partial charge >= 0.3 is 0 Å². The van der Waals surface area contributed by atoms with E-state index in [4.69, 9.17) is 4.74 Å². The van der Waals surface area contributed by atoms with Crippen LogP contribution in [0.2, 0.25) is 0 Å². The van der Waals surface area contributed by atoms with Crippen LogP contribution in [0.5, 0.6) is 0 Å². The first-order valence-corrected chi connectivity index (χ1v) is 6.84. The molecule has 0 spiro atoms. The molecule has 2 nitrogen and oxygen atoms in total. The largest absolute Gasteiger partial charge is 0.381 e. The molecule has 3 atom stereocenters. The lowest BCUT2D eigenvalue weighted by Gasteiger charge is -2.31. The van der Waals surface area contributed by atoms with Crippen molar-refractivity contribution in [2.75, 3.05) is 7.11 Å². The molecule has 0 aliphatic heterocycles. The maximum Gasteiger partial charge on any atom is 0.130 e. The van der Waals surface area contributed by atoms with Gasteiger partial charge in [0.1, 0.15) is 11.6 Å². The van der Waals surface area contributed by atoms with E-state index in [9.17, 15) is 8.78 Å². The maximum atomic E-state index is 13.7. The molecule has 0 saturated heterocycles. The lowest BCUT2D eigenvalue weighted by atomic mass is 9.92. The molecule has 1 fully saturated rings. The van der Waals surface area contributed by atoms with Crippen molar-refractivity contribution in [3.05, 3.63) is 35.4 Å². The summed E-state index contributed by atoms with van der Waals surface area (Å²) in [4.78, 5) is 0. The second-order valence-electron chi connectivity index (χ2n) is 5.28. The summed E-state index contributed by atoms with van der Waals surface area (Å²) in [5.41, 5.74) is 0.515. The van der Waals surface area contributed by atoms with Crippen LogP contribution in [-0.2, 0) is 4.74 Å². The number of nitrogens with one attached hydrogen (secondary N) is 1. The van der Waals surface area contributed by atoms with E-state index >= 15 is 0 Å². The van der Waals surface area contributed by atoms with Crippen LogP contribution in [0.1, 0.15) is 44.2 Å². The summed E-state index contributed by atoms with van der Waals surface area (Å²) in [6.07, 6.45) is 4.52. The highest BCUT2D eigenvalue weighted by Gasteiger charge is 2.23. The van der Waals surface area contributed by atoms with Crippen molar-refractivity contribution in [2.24, 2.45) is 0 Å². The Morgan fingerprint density at radius 2 is 2.11 bits per heavy atom. The third-order valence-corrected chi connectivity index (χ3v) is 3.87. The average Bonchev–Trinajstić information content (AvgIpc) is 2.38. The topological polar surface area (TPSA) is 21.3 Å². The molecular weight excluding hydrogens is 248 g/mol. The van der Waals surface area contributed by atoms with Crippen molar-refractivity contribution in [3.8, 4) is 0 Å². The molecule has 0 radical (unpaired) electrons. The van der Waals surface area contributed by atoms with Crippen LogP contribution in [0.25, 0.3) is 0 Å². The molecule has 106 valence electrons. The number of halogens is 2. The lowest BCUT2D eigenvalue weighted by molar-refractivity contribution is 0.0572. The molecule has 19 heavy (non-hydrogen) atoms. The minimum absolute atomic E-state index is 0.124. The van der Waals surface area contributed by atoms with E-state index in [1.165, 1.54) is 12.1 Å². The van der Waals surface area contributed by atoms with Crippen LogP contribution < -0.4 is 5.32 Å². The molecule has 0 amide bonds. The maximum absolute atomic E-state index is 13.7. The van der Waals surface area contributed by atoms with Gasteiger partial charge in [0.2, 0.25) is 0 Å². The normalized spacial score (nSPS) is 25.3. The van der Waals surface area contributed by atoms with Crippen LogP contribution in [0.4, 0.5) is 8.78 Å². The van der Waals surface area contributed by atoms with Gasteiger partial charge in [-0.05, 0) is 38.7 Å². The fourth-order valence-electron chi connectivity index (χ4n) is 2.81. The number of hydrogen-bond acceptors (Lipinski definition) is 2. The SMILES string of the molecule is COC1CCCC(NC(C)c2ccc(F)cc2F)C1. The van der Waals surface area contributed by atoms with E-state index < -0.39 is 11.6 Å². The van der Waals surface area contributed by atoms with Gasteiger partial charge in [-0.3, -0.25) is 0 Å². The van der Waals surface area contributed by atoms with Crippen molar-refractivity contribution in [1.82, 2.24) is 5.32 Å². The summed E-state index contributed by atoms with van der Waals surface area (Å²) in [5.74, 6) is -1.02. The molecule has 4 heteroatoms. The Bertz CT molecular complexity index is 425. The number of methoxy groups -OCH3 is 1. The van der Waals surface area contributed by atoms with Crippen LogP contribution in [0.3, 0.4) is 0 Å². The predicted octanol–water partition coefficient (Wildman–Crippen LogP) is 3.57. The third-order valence-electron chi connectivity index (χ3n) is 3.87. The Labute approximate surface area is 113 Å². The van der Waals surface area contributed by atoms with Gasteiger partial charge in [-0.2, -0.15) is 0 Å². The van der Waals surface area contributed by atoms with E-state index in [0.717, 1.165) is 31.7 Å². The molecule has 1 aliphatic carbocycles. The third kappa shape index (κ3) is 3.74. The second kappa shape index (κ2) is 6.44. The lowest BCUT2D eigenvalue weighted by Crippen LogP contribution is -2.38. The van der Waals surface area contributed by atoms with Gasteiger partial charge in [-0.25, -0.2) is 8.78 Å². The number of hydrogen-bond donors (Lipinski definition) is 1. The summed E-state index contributed by atoms with van der Waals surface area (Å²) >= 11 is 0. The molecule has 1 aromatic rings. The monoisotopic (exact) mass is 269 g/mol. The molecule has 1 saturated carbocycles. The molecule has 0 heterocycles. The summed E-state index contributed by atoms with van der Waals surface area (Å²) in [5, 5.41) is 3.42. The first kappa shape index (κ1) is 14.4. The first-order chi connectivity index (χ1) is 9.10. The molecular formula is C15H21F2NO. The summed E-state index contributed by atoms with van der Waals surface area (Å²) < 4.78 is 32.0. The zero-order valence-corrected chi connectivity index (χ0v) is 11.5. The Morgan fingerprint density at radius 1 is 1.32 bits per heavy atom. The van der Waals surface area contributed by atoms with Crippen LogP contribution in [0, 0.1) is 11.6 Å². The summed E-state index contributed by atoms with van der Waals surface area (Å²) in [7, 11) is 1.73. The van der Waals surface area contributed by atoms with Gasteiger partial charge in [-0.1, -0.05) is 6.07 Å². The van der Waals surface area contributed by atoms with Gasteiger partial charge in [0, 0.05) is 30.8 Å². The van der Waals surface area contributed by atoms with E-state index in [2.05, 4.69) is 5.32 Å². The summed E-state index contributed by atoms with van der Waals surface area (Å²) in [6, 6.07) is 3.96. The van der Waals surface area contributed by atoms with Gasteiger partial charge in [-0.15, -0.1) is 0 Å². The number of rotatable bonds is 4. The Hall–Kier alpha value is -1.00. The van der Waals surface area contributed by atoms with Gasteiger partial charge in [0.15, 0.2) is 0 Å². The average molecular weight is 269 g/mol. The van der Waals surface area contributed by atoms with Crippen LogP contribution in [0.15, 0.2) is 18.2 Å². The van der Waals surface area contributed by atoms with Crippen molar-refractivity contribution in [2.45, 2.75) is 50.8 Å². The van der Waals surface area contributed by atoms with Crippen molar-refractivity contribution in [3.63, 3.8) is 0 Å². The quantitative estimate of drug-likeness (QED) is 0.902. The van der Waals surface area contributed by atoms with Crippen molar-refractivity contribution < 1.29 is 13.5 Å². The first-order valence-electron chi connectivity index (χ1n) is 6.84. The minimum Gasteiger partial charge on any atom is -0.381 e. The molecule has 0 aromatic heterocycles. The molecule has 1 aromatic carbocycles. The molecule has 3 unspecified atom stereocenters. The van der Waals surface area contributed by atoms with Crippen LogP contribution >= 0.6 is 0 Å². The van der Waals surface area contributed by atoms with Crippen molar-refractivity contribution >= 4 is 0 Å². The molecule has 1 aliphatic rings. The fraction of sp³-hybridized carbons (Fsp3) is 0.600. The Morgan fingerprint density at radius 3 is 2.79 bits per heavy atom. The summed E-state index contributed by atoms with van der Waals surface area (Å²) in [6.45, 7) is 1.91. The van der Waals surface area contributed by atoms with Gasteiger partial charge in [0.25, 0.3) is 0 Å². The molecule has 0 bridgehead atoms. The Kier molecular flexibility index (Phi) is 4.88. The van der Waals surface area contributed by atoms with Crippen LogP contribution in [-0.4, -0.2) is 19.3 Å². The zero-order valence-electron chi connectivity index (χ0n) is 11.5. The molecule has 1 N–H and O–H groups in total. The highest BCUT2D eigenvalue weighted by molar-refractivity contribution is 5.21. The van der Waals surface area contributed by atoms with Crippen molar-refractivity contribution in [1.29, 1.82) is 0 Å². The Balaban J connectivity index is 1.98. The number of ether oxygens (including phenoxy) is 1. The minimum atomic E-state index is -0.537. The standard InChI is InChI=1S/C15H21F2NO/c1-10(14-7-6-11(16)8-15(14)17)18-12-4-3-5-13(9-12)19-2/h6-8,10,12-13,18H,3-5,9H2,1-2H3. The smallest absolute Gasteiger partial charge is 0.130 e. The second-order valence-corrected chi connectivity index (χ2v) is 5.28. The predicted molar refractivity (Wildman–Crippen MR) is 71.0 cm³/mol.